The topological polar surface area (TPSA) is 73.1 Å². The molecule has 0 N–H and O–H groups in total. The van der Waals surface area contributed by atoms with Crippen molar-refractivity contribution in [3.8, 4) is 5.69 Å². The first-order chi connectivity index (χ1) is 13.5. The average Bonchev–Trinajstić information content (AvgIpc) is 3.24. The molecule has 2 aromatic carbocycles. The molecule has 1 saturated heterocycles. The summed E-state index contributed by atoms with van der Waals surface area (Å²) >= 11 is 0. The van der Waals surface area contributed by atoms with Crippen molar-refractivity contribution >= 4 is 5.91 Å². The largest absolute Gasteiger partial charge is 0.369 e. The van der Waals surface area contributed by atoms with Crippen molar-refractivity contribution in [2.75, 3.05) is 13.2 Å². The highest BCUT2D eigenvalue weighted by Crippen LogP contribution is 2.30. The molecule has 7 heteroatoms. The van der Waals surface area contributed by atoms with Crippen LogP contribution in [0.25, 0.3) is 5.69 Å². The zero-order valence-corrected chi connectivity index (χ0v) is 16.0. The highest BCUT2D eigenvalue weighted by atomic mass is 16.5. The van der Waals surface area contributed by atoms with E-state index in [9.17, 15) is 4.79 Å². The summed E-state index contributed by atoms with van der Waals surface area (Å²) in [7, 11) is 0. The number of carbonyl (C=O) groups is 1. The third-order valence-corrected chi connectivity index (χ3v) is 5.09. The lowest BCUT2D eigenvalue weighted by molar-refractivity contribution is -0.154. The van der Waals surface area contributed by atoms with E-state index >= 15 is 0 Å². The van der Waals surface area contributed by atoms with Gasteiger partial charge < -0.3 is 9.64 Å². The first-order valence-electron chi connectivity index (χ1n) is 9.32. The van der Waals surface area contributed by atoms with Gasteiger partial charge in [0.1, 0.15) is 12.4 Å². The Morgan fingerprint density at radius 1 is 1.14 bits per heavy atom. The Balaban J connectivity index is 1.47. The molecule has 1 amide bonds. The van der Waals surface area contributed by atoms with E-state index in [4.69, 9.17) is 4.74 Å². The molecule has 28 heavy (non-hydrogen) atoms. The predicted molar refractivity (Wildman–Crippen MR) is 104 cm³/mol. The molecule has 0 radical (unpaired) electrons. The molecule has 1 unspecified atom stereocenters. The number of hydrogen-bond donors (Lipinski definition) is 0. The Labute approximate surface area is 163 Å². The number of carbonyl (C=O) groups excluding carboxylic acids is 1. The molecule has 144 valence electrons. The van der Waals surface area contributed by atoms with Gasteiger partial charge >= 0.3 is 0 Å². The average molecular weight is 377 g/mol. The fourth-order valence-corrected chi connectivity index (χ4v) is 3.47. The normalized spacial score (nSPS) is 18.8. The third-order valence-electron chi connectivity index (χ3n) is 5.09. The Hall–Kier alpha value is -3.06. The second-order valence-electron chi connectivity index (χ2n) is 7.62. The van der Waals surface area contributed by atoms with Crippen LogP contribution in [0.4, 0.5) is 0 Å². The molecule has 3 aromatic rings. The predicted octanol–water partition coefficient (Wildman–Crippen LogP) is 2.58. The van der Waals surface area contributed by atoms with E-state index in [1.165, 1.54) is 0 Å². The Bertz CT molecular complexity index is 923. The molecule has 4 rings (SSSR count). The van der Waals surface area contributed by atoms with E-state index in [0.717, 1.165) is 16.8 Å². The van der Waals surface area contributed by atoms with Crippen LogP contribution in [-0.2, 0) is 16.0 Å². The monoisotopic (exact) mass is 377 g/mol. The second-order valence-corrected chi connectivity index (χ2v) is 7.62. The summed E-state index contributed by atoms with van der Waals surface area (Å²) in [6.07, 6.45) is 1.79. The van der Waals surface area contributed by atoms with Crippen LogP contribution in [0.2, 0.25) is 0 Å². The number of hydrogen-bond acceptors (Lipinski definition) is 5. The molecule has 0 spiro atoms. The lowest BCUT2D eigenvalue weighted by Crippen LogP contribution is -2.56. The van der Waals surface area contributed by atoms with Gasteiger partial charge in [-0.1, -0.05) is 42.5 Å². The smallest absolute Gasteiger partial charge is 0.227 e. The minimum atomic E-state index is -0.339. The lowest BCUT2D eigenvalue weighted by atomic mass is 9.97. The van der Waals surface area contributed by atoms with Crippen LogP contribution in [0.5, 0.6) is 0 Å². The molecule has 0 saturated carbocycles. The number of ether oxygens (including phenoxy) is 1. The standard InChI is InChI=1S/C21H23N5O2/c1-21(2)14-28-19(17-6-4-3-5-7-17)13-25(21)20(27)12-16-8-10-18(11-9-16)26-15-22-23-24-26/h3-11,15,19H,12-14H2,1-2H3. The van der Waals surface area contributed by atoms with Crippen molar-refractivity contribution in [3.05, 3.63) is 72.1 Å². The summed E-state index contributed by atoms with van der Waals surface area (Å²) in [5, 5.41) is 11.1. The number of benzene rings is 2. The van der Waals surface area contributed by atoms with Crippen molar-refractivity contribution in [1.82, 2.24) is 25.1 Å². The number of rotatable bonds is 4. The summed E-state index contributed by atoms with van der Waals surface area (Å²) < 4.78 is 7.64. The molecule has 1 aliphatic heterocycles. The minimum absolute atomic E-state index is 0.0969. The van der Waals surface area contributed by atoms with Gasteiger partial charge in [0.25, 0.3) is 0 Å². The molecule has 1 atom stereocenters. The van der Waals surface area contributed by atoms with Crippen LogP contribution < -0.4 is 0 Å². The van der Waals surface area contributed by atoms with Gasteiger partial charge in [-0.15, -0.1) is 5.10 Å². The molecule has 1 fully saturated rings. The summed E-state index contributed by atoms with van der Waals surface area (Å²) in [5.74, 6) is 0.101. The minimum Gasteiger partial charge on any atom is -0.369 e. The van der Waals surface area contributed by atoms with Crippen molar-refractivity contribution < 1.29 is 9.53 Å². The lowest BCUT2D eigenvalue weighted by Gasteiger charge is -2.45. The van der Waals surface area contributed by atoms with Gasteiger partial charge in [0, 0.05) is 0 Å². The van der Waals surface area contributed by atoms with Crippen molar-refractivity contribution in [3.63, 3.8) is 0 Å². The van der Waals surface area contributed by atoms with Gasteiger partial charge in [-0.25, -0.2) is 4.68 Å². The van der Waals surface area contributed by atoms with Crippen molar-refractivity contribution in [2.45, 2.75) is 31.9 Å². The number of aromatic nitrogens is 4. The maximum Gasteiger partial charge on any atom is 0.227 e. The number of tetrazole rings is 1. The van der Waals surface area contributed by atoms with Gasteiger partial charge in [-0.3, -0.25) is 4.79 Å². The van der Waals surface area contributed by atoms with E-state index in [1.807, 2.05) is 73.3 Å². The highest BCUT2D eigenvalue weighted by Gasteiger charge is 2.38. The summed E-state index contributed by atoms with van der Waals surface area (Å²) in [5.41, 5.74) is 2.58. The van der Waals surface area contributed by atoms with Crippen molar-refractivity contribution in [1.29, 1.82) is 0 Å². The zero-order valence-electron chi connectivity index (χ0n) is 16.0. The first kappa shape index (κ1) is 18.3. The molecule has 7 nitrogen and oxygen atoms in total. The number of morpholine rings is 1. The van der Waals surface area contributed by atoms with Gasteiger partial charge in [0.05, 0.1) is 30.8 Å². The Morgan fingerprint density at radius 3 is 2.57 bits per heavy atom. The van der Waals surface area contributed by atoms with Crippen LogP contribution in [0.15, 0.2) is 60.9 Å². The van der Waals surface area contributed by atoms with Gasteiger partial charge in [-0.05, 0) is 47.5 Å². The Morgan fingerprint density at radius 2 is 1.89 bits per heavy atom. The van der Waals surface area contributed by atoms with Crippen LogP contribution in [0, 0.1) is 0 Å². The van der Waals surface area contributed by atoms with E-state index in [2.05, 4.69) is 15.5 Å². The Kier molecular flexibility index (Phi) is 4.92. The van der Waals surface area contributed by atoms with Crippen LogP contribution in [0.3, 0.4) is 0 Å². The fourth-order valence-electron chi connectivity index (χ4n) is 3.47. The summed E-state index contributed by atoms with van der Waals surface area (Å²) in [4.78, 5) is 15.1. The van der Waals surface area contributed by atoms with Crippen LogP contribution in [-0.4, -0.2) is 49.7 Å². The van der Waals surface area contributed by atoms with Gasteiger partial charge in [0.15, 0.2) is 0 Å². The van der Waals surface area contributed by atoms with E-state index in [1.54, 1.807) is 11.0 Å². The van der Waals surface area contributed by atoms with Crippen LogP contribution in [0.1, 0.15) is 31.1 Å². The molecule has 2 heterocycles. The fraction of sp³-hybridized carbons (Fsp3) is 0.333. The first-order valence-corrected chi connectivity index (χ1v) is 9.32. The molecular formula is C21H23N5O2. The quantitative estimate of drug-likeness (QED) is 0.699. The number of amides is 1. The molecule has 0 aliphatic carbocycles. The van der Waals surface area contributed by atoms with Crippen molar-refractivity contribution in [2.24, 2.45) is 0 Å². The third kappa shape index (κ3) is 3.80. The SMILES string of the molecule is CC1(C)COC(c2ccccc2)CN1C(=O)Cc1ccc(-n2cnnn2)cc1. The van der Waals surface area contributed by atoms with E-state index in [0.29, 0.717) is 19.6 Å². The van der Waals surface area contributed by atoms with E-state index < -0.39 is 0 Å². The maximum absolute atomic E-state index is 13.1. The number of nitrogens with zero attached hydrogens (tertiary/aromatic N) is 5. The molecule has 0 bridgehead atoms. The summed E-state index contributed by atoms with van der Waals surface area (Å²) in [6.45, 7) is 5.16. The van der Waals surface area contributed by atoms with Crippen LogP contribution >= 0.6 is 0 Å². The van der Waals surface area contributed by atoms with E-state index in [-0.39, 0.29) is 17.6 Å². The summed E-state index contributed by atoms with van der Waals surface area (Å²) in [6, 6.07) is 17.8. The highest BCUT2D eigenvalue weighted by molar-refractivity contribution is 5.79. The van der Waals surface area contributed by atoms with Gasteiger partial charge in [0.2, 0.25) is 5.91 Å². The molecular weight excluding hydrogens is 354 g/mol. The van der Waals surface area contributed by atoms with Gasteiger partial charge in [-0.2, -0.15) is 0 Å². The zero-order chi connectivity index (χ0) is 19.6. The molecule has 1 aromatic heterocycles. The second kappa shape index (κ2) is 7.52. The molecule has 1 aliphatic rings. The maximum atomic E-state index is 13.1.